The monoisotopic (exact) mass is 294 g/mol. The van der Waals surface area contributed by atoms with Crippen molar-refractivity contribution in [2.75, 3.05) is 14.1 Å². The molecule has 3 unspecified atom stereocenters. The summed E-state index contributed by atoms with van der Waals surface area (Å²) in [5.41, 5.74) is 0. The summed E-state index contributed by atoms with van der Waals surface area (Å²) in [6.45, 7) is 2.46. The standard InChI is InChI=1S/C19H38N2/c1-16(17-14-15-17)21(3)19-13-11-9-7-5-4-6-8-10-12-18(19)20-2/h16-20H,4-15H2,1-3H3. The van der Waals surface area contributed by atoms with Gasteiger partial charge in [0.15, 0.2) is 0 Å². The molecule has 2 nitrogen and oxygen atoms in total. The highest BCUT2D eigenvalue weighted by Crippen LogP contribution is 2.36. The third kappa shape index (κ3) is 5.56. The van der Waals surface area contributed by atoms with Crippen LogP contribution >= 0.6 is 0 Å². The van der Waals surface area contributed by atoms with Crippen LogP contribution in [0.3, 0.4) is 0 Å². The lowest BCUT2D eigenvalue weighted by Gasteiger charge is -2.39. The van der Waals surface area contributed by atoms with Crippen molar-refractivity contribution in [3.63, 3.8) is 0 Å². The average Bonchev–Trinajstić information content (AvgIpc) is 3.31. The fourth-order valence-corrected chi connectivity index (χ4v) is 4.21. The van der Waals surface area contributed by atoms with E-state index in [4.69, 9.17) is 0 Å². The van der Waals surface area contributed by atoms with Crippen molar-refractivity contribution in [3.8, 4) is 0 Å². The quantitative estimate of drug-likeness (QED) is 0.816. The minimum Gasteiger partial charge on any atom is -0.315 e. The lowest BCUT2D eigenvalue weighted by atomic mass is 9.92. The number of rotatable bonds is 4. The first kappa shape index (κ1) is 17.3. The average molecular weight is 295 g/mol. The molecule has 2 aliphatic rings. The first-order valence-corrected chi connectivity index (χ1v) is 9.63. The van der Waals surface area contributed by atoms with Crippen LogP contribution in [-0.2, 0) is 0 Å². The topological polar surface area (TPSA) is 15.3 Å². The maximum Gasteiger partial charge on any atom is 0.0249 e. The van der Waals surface area contributed by atoms with Gasteiger partial charge in [-0.05, 0) is 52.6 Å². The maximum absolute atomic E-state index is 3.66. The zero-order valence-electron chi connectivity index (χ0n) is 14.7. The van der Waals surface area contributed by atoms with Gasteiger partial charge >= 0.3 is 0 Å². The molecule has 1 N–H and O–H groups in total. The molecule has 0 bridgehead atoms. The Hall–Kier alpha value is -0.0800. The van der Waals surface area contributed by atoms with Gasteiger partial charge in [0.2, 0.25) is 0 Å². The Bertz CT molecular complexity index is 275. The van der Waals surface area contributed by atoms with Crippen molar-refractivity contribution in [1.29, 1.82) is 0 Å². The van der Waals surface area contributed by atoms with Crippen molar-refractivity contribution in [3.05, 3.63) is 0 Å². The summed E-state index contributed by atoms with van der Waals surface area (Å²) in [4.78, 5) is 2.73. The number of nitrogens with zero attached hydrogens (tertiary/aromatic N) is 1. The highest BCUT2D eigenvalue weighted by molar-refractivity contribution is 4.91. The molecule has 0 aromatic carbocycles. The molecule has 0 aromatic rings. The van der Waals surface area contributed by atoms with Gasteiger partial charge in [-0.25, -0.2) is 0 Å². The second-order valence-electron chi connectivity index (χ2n) is 7.61. The van der Waals surface area contributed by atoms with Gasteiger partial charge in [-0.2, -0.15) is 0 Å². The summed E-state index contributed by atoms with van der Waals surface area (Å²) in [7, 11) is 4.57. The zero-order valence-corrected chi connectivity index (χ0v) is 14.7. The smallest absolute Gasteiger partial charge is 0.0249 e. The third-order valence-corrected chi connectivity index (χ3v) is 6.07. The molecular formula is C19H38N2. The summed E-state index contributed by atoms with van der Waals surface area (Å²) in [6, 6.07) is 2.21. The van der Waals surface area contributed by atoms with Crippen LogP contribution in [0.4, 0.5) is 0 Å². The van der Waals surface area contributed by atoms with Gasteiger partial charge in [0.1, 0.15) is 0 Å². The third-order valence-electron chi connectivity index (χ3n) is 6.07. The van der Waals surface area contributed by atoms with Crippen LogP contribution in [0.5, 0.6) is 0 Å². The molecule has 0 aromatic heterocycles. The second kappa shape index (κ2) is 9.15. The summed E-state index contributed by atoms with van der Waals surface area (Å²) >= 11 is 0. The highest BCUT2D eigenvalue weighted by atomic mass is 15.2. The molecule has 0 aliphatic heterocycles. The van der Waals surface area contributed by atoms with Crippen LogP contribution in [0.15, 0.2) is 0 Å². The van der Waals surface area contributed by atoms with Crippen LogP contribution in [0.25, 0.3) is 0 Å². The van der Waals surface area contributed by atoms with Gasteiger partial charge in [-0.15, -0.1) is 0 Å². The van der Waals surface area contributed by atoms with Crippen LogP contribution < -0.4 is 5.32 Å². The van der Waals surface area contributed by atoms with E-state index in [9.17, 15) is 0 Å². The number of hydrogen-bond donors (Lipinski definition) is 1. The summed E-state index contributed by atoms with van der Waals surface area (Å²) in [6.07, 6.45) is 17.2. The molecule has 21 heavy (non-hydrogen) atoms. The molecule has 3 atom stereocenters. The van der Waals surface area contributed by atoms with Crippen molar-refractivity contribution in [2.45, 2.75) is 102 Å². The van der Waals surface area contributed by atoms with Gasteiger partial charge in [0.05, 0.1) is 0 Å². The van der Waals surface area contributed by atoms with Gasteiger partial charge < -0.3 is 5.32 Å². The Morgan fingerprint density at radius 1 is 0.810 bits per heavy atom. The number of nitrogens with one attached hydrogen (secondary N) is 1. The SMILES string of the molecule is CNC1CCCCCCCCCCC1N(C)C(C)C1CC1. The second-order valence-corrected chi connectivity index (χ2v) is 7.61. The van der Waals surface area contributed by atoms with E-state index in [1.54, 1.807) is 0 Å². The van der Waals surface area contributed by atoms with Crippen molar-refractivity contribution < 1.29 is 0 Å². The lowest BCUT2D eigenvalue weighted by molar-refractivity contribution is 0.120. The fourth-order valence-electron chi connectivity index (χ4n) is 4.21. The van der Waals surface area contributed by atoms with E-state index >= 15 is 0 Å². The molecule has 2 aliphatic carbocycles. The van der Waals surface area contributed by atoms with Crippen LogP contribution in [0, 0.1) is 5.92 Å². The van der Waals surface area contributed by atoms with E-state index in [-0.39, 0.29) is 0 Å². The Morgan fingerprint density at radius 2 is 1.33 bits per heavy atom. The lowest BCUT2D eigenvalue weighted by Crippen LogP contribution is -2.51. The van der Waals surface area contributed by atoms with E-state index in [0.29, 0.717) is 6.04 Å². The Kier molecular flexibility index (Phi) is 7.53. The first-order valence-electron chi connectivity index (χ1n) is 9.63. The Labute approximate surface area is 133 Å². The van der Waals surface area contributed by atoms with Gasteiger partial charge in [-0.3, -0.25) is 4.90 Å². The molecule has 0 saturated heterocycles. The minimum absolute atomic E-state index is 0.690. The minimum atomic E-state index is 0.690. The van der Waals surface area contributed by atoms with Gasteiger partial charge in [0.25, 0.3) is 0 Å². The fraction of sp³-hybridized carbons (Fsp3) is 1.00. The van der Waals surface area contributed by atoms with Gasteiger partial charge in [-0.1, -0.05) is 51.4 Å². The summed E-state index contributed by atoms with van der Waals surface area (Å²) in [5, 5.41) is 3.66. The van der Waals surface area contributed by atoms with E-state index in [1.807, 2.05) is 0 Å². The normalized spacial score (nSPS) is 31.4. The van der Waals surface area contributed by atoms with E-state index in [0.717, 1.165) is 18.0 Å². The summed E-state index contributed by atoms with van der Waals surface area (Å²) in [5.74, 6) is 0.980. The molecule has 0 amide bonds. The van der Waals surface area contributed by atoms with Crippen LogP contribution in [0.1, 0.15) is 84.0 Å². The Balaban J connectivity index is 1.95. The van der Waals surface area contributed by atoms with Crippen molar-refractivity contribution >= 4 is 0 Å². The molecular weight excluding hydrogens is 256 g/mol. The predicted octanol–water partition coefficient (Wildman–Crippen LogP) is 4.59. The highest BCUT2D eigenvalue weighted by Gasteiger charge is 2.35. The molecule has 0 heterocycles. The molecule has 0 radical (unpaired) electrons. The van der Waals surface area contributed by atoms with Crippen LogP contribution in [0.2, 0.25) is 0 Å². The van der Waals surface area contributed by atoms with E-state index in [2.05, 4.69) is 31.2 Å². The molecule has 2 fully saturated rings. The number of likely N-dealkylation sites (N-methyl/N-ethyl adjacent to an activating group) is 2. The van der Waals surface area contributed by atoms with Crippen LogP contribution in [-0.4, -0.2) is 37.1 Å². The molecule has 2 heteroatoms. The molecule has 2 rings (SSSR count). The van der Waals surface area contributed by atoms with E-state index < -0.39 is 0 Å². The van der Waals surface area contributed by atoms with Gasteiger partial charge in [0, 0.05) is 18.1 Å². The first-order chi connectivity index (χ1) is 10.2. The van der Waals surface area contributed by atoms with E-state index in [1.165, 1.54) is 77.0 Å². The molecule has 124 valence electrons. The molecule has 2 saturated carbocycles. The predicted molar refractivity (Wildman–Crippen MR) is 92.8 cm³/mol. The maximum atomic E-state index is 3.66. The van der Waals surface area contributed by atoms with Crippen molar-refractivity contribution in [1.82, 2.24) is 10.2 Å². The summed E-state index contributed by atoms with van der Waals surface area (Å²) < 4.78 is 0. The molecule has 0 spiro atoms. The zero-order chi connectivity index (χ0) is 15.1. The Morgan fingerprint density at radius 3 is 1.86 bits per heavy atom. The largest absolute Gasteiger partial charge is 0.315 e. The number of hydrogen-bond acceptors (Lipinski definition) is 2. The van der Waals surface area contributed by atoms with Crippen molar-refractivity contribution in [2.24, 2.45) is 5.92 Å².